The van der Waals surface area contributed by atoms with Gasteiger partial charge in [0.1, 0.15) is 0 Å². The molecule has 0 aliphatic rings. The fraction of sp³-hybridized carbons (Fsp3) is 0.133. The SMILES string of the molecule is COc1cc(Br)c(C(=O)c2cc(Cl)cc(Cl)c2)cc1OC. The summed E-state index contributed by atoms with van der Waals surface area (Å²) >= 11 is 15.2. The predicted octanol–water partition coefficient (Wildman–Crippen LogP) is 5.00. The first-order valence-corrected chi connectivity index (χ1v) is 7.43. The van der Waals surface area contributed by atoms with Crippen LogP contribution in [0.2, 0.25) is 10.0 Å². The second-order valence-corrected chi connectivity index (χ2v) is 5.90. The molecule has 0 atom stereocenters. The molecule has 0 bridgehead atoms. The van der Waals surface area contributed by atoms with Crippen LogP contribution in [-0.4, -0.2) is 20.0 Å². The summed E-state index contributed by atoms with van der Waals surface area (Å²) in [5.74, 6) is 0.787. The fourth-order valence-electron chi connectivity index (χ4n) is 1.87. The van der Waals surface area contributed by atoms with E-state index >= 15 is 0 Å². The van der Waals surface area contributed by atoms with Crippen molar-refractivity contribution in [1.82, 2.24) is 0 Å². The van der Waals surface area contributed by atoms with E-state index < -0.39 is 0 Å². The molecule has 0 radical (unpaired) electrons. The number of methoxy groups -OCH3 is 2. The van der Waals surface area contributed by atoms with Crippen LogP contribution < -0.4 is 9.47 Å². The molecule has 0 spiro atoms. The number of hydrogen-bond acceptors (Lipinski definition) is 3. The Bertz CT molecular complexity index is 681. The van der Waals surface area contributed by atoms with Crippen molar-refractivity contribution < 1.29 is 14.3 Å². The Labute approximate surface area is 140 Å². The molecule has 0 aromatic heterocycles. The lowest BCUT2D eigenvalue weighted by Crippen LogP contribution is -2.04. The molecule has 0 aliphatic heterocycles. The Balaban J connectivity index is 2.52. The molecule has 2 aromatic carbocycles. The van der Waals surface area contributed by atoms with Crippen LogP contribution in [0.25, 0.3) is 0 Å². The van der Waals surface area contributed by atoms with Crippen LogP contribution in [0.15, 0.2) is 34.8 Å². The van der Waals surface area contributed by atoms with E-state index in [9.17, 15) is 4.79 Å². The van der Waals surface area contributed by atoms with Crippen LogP contribution in [0.4, 0.5) is 0 Å². The van der Waals surface area contributed by atoms with Crippen molar-refractivity contribution in [2.45, 2.75) is 0 Å². The summed E-state index contributed by atoms with van der Waals surface area (Å²) in [7, 11) is 3.04. The smallest absolute Gasteiger partial charge is 0.194 e. The summed E-state index contributed by atoms with van der Waals surface area (Å²) in [6, 6.07) is 8.00. The Morgan fingerprint density at radius 1 is 0.952 bits per heavy atom. The number of benzene rings is 2. The van der Waals surface area contributed by atoms with Crippen molar-refractivity contribution in [3.63, 3.8) is 0 Å². The molecular weight excluding hydrogens is 379 g/mol. The molecule has 0 saturated heterocycles. The lowest BCUT2D eigenvalue weighted by molar-refractivity contribution is 0.103. The third kappa shape index (κ3) is 3.51. The van der Waals surface area contributed by atoms with Gasteiger partial charge in [-0.1, -0.05) is 23.2 Å². The molecule has 0 fully saturated rings. The van der Waals surface area contributed by atoms with E-state index in [1.165, 1.54) is 14.2 Å². The van der Waals surface area contributed by atoms with Gasteiger partial charge in [0.25, 0.3) is 0 Å². The van der Waals surface area contributed by atoms with Crippen LogP contribution >= 0.6 is 39.1 Å². The van der Waals surface area contributed by atoms with Crippen molar-refractivity contribution >= 4 is 44.9 Å². The van der Waals surface area contributed by atoms with Gasteiger partial charge >= 0.3 is 0 Å². The van der Waals surface area contributed by atoms with Gasteiger partial charge in [-0.05, 0) is 46.3 Å². The first-order valence-electron chi connectivity index (χ1n) is 5.88. The van der Waals surface area contributed by atoms with Crippen molar-refractivity contribution in [2.24, 2.45) is 0 Å². The molecule has 110 valence electrons. The van der Waals surface area contributed by atoms with Crippen molar-refractivity contribution in [3.8, 4) is 11.5 Å². The maximum atomic E-state index is 12.6. The Morgan fingerprint density at radius 3 is 2.00 bits per heavy atom. The van der Waals surface area contributed by atoms with Crippen LogP contribution in [0.5, 0.6) is 11.5 Å². The molecule has 0 aliphatic carbocycles. The third-order valence-electron chi connectivity index (χ3n) is 2.84. The second-order valence-electron chi connectivity index (χ2n) is 4.17. The highest BCUT2D eigenvalue weighted by Gasteiger charge is 2.18. The van der Waals surface area contributed by atoms with Crippen molar-refractivity contribution in [3.05, 3.63) is 56.0 Å². The standard InChI is InChI=1S/C15H11BrCl2O3/c1-20-13-6-11(12(16)7-14(13)21-2)15(19)8-3-9(17)5-10(18)4-8/h3-7H,1-2H3. The van der Waals surface area contributed by atoms with Crippen molar-refractivity contribution in [2.75, 3.05) is 14.2 Å². The largest absolute Gasteiger partial charge is 0.493 e. The number of carbonyl (C=O) groups is 1. The van der Waals surface area contributed by atoms with E-state index in [1.807, 2.05) is 0 Å². The van der Waals surface area contributed by atoms with Gasteiger partial charge in [0, 0.05) is 25.6 Å². The third-order valence-corrected chi connectivity index (χ3v) is 3.94. The van der Waals surface area contributed by atoms with Crippen molar-refractivity contribution in [1.29, 1.82) is 0 Å². The zero-order valence-electron chi connectivity index (χ0n) is 11.2. The van der Waals surface area contributed by atoms with Crippen LogP contribution in [-0.2, 0) is 0 Å². The van der Waals surface area contributed by atoms with Gasteiger partial charge < -0.3 is 9.47 Å². The van der Waals surface area contributed by atoms with E-state index in [0.717, 1.165) is 0 Å². The van der Waals surface area contributed by atoms with Gasteiger partial charge in [0.05, 0.1) is 14.2 Å². The zero-order valence-corrected chi connectivity index (χ0v) is 14.3. The van der Waals surface area contributed by atoms with E-state index in [4.69, 9.17) is 32.7 Å². The number of rotatable bonds is 4. The average Bonchev–Trinajstić information content (AvgIpc) is 2.45. The van der Waals surface area contributed by atoms with Gasteiger partial charge in [0.15, 0.2) is 17.3 Å². The number of carbonyl (C=O) groups excluding carboxylic acids is 1. The fourth-order valence-corrected chi connectivity index (χ4v) is 2.90. The Kier molecular flexibility index (Phi) is 5.14. The van der Waals surface area contributed by atoms with E-state index in [0.29, 0.717) is 37.1 Å². The summed E-state index contributed by atoms with van der Waals surface area (Å²) in [6.07, 6.45) is 0. The lowest BCUT2D eigenvalue weighted by Gasteiger charge is -2.11. The minimum atomic E-state index is -0.216. The number of hydrogen-bond donors (Lipinski definition) is 0. The first kappa shape index (κ1) is 16.1. The molecule has 0 unspecified atom stereocenters. The highest BCUT2D eigenvalue weighted by Crippen LogP contribution is 2.34. The van der Waals surface area contributed by atoms with Gasteiger partial charge in [-0.3, -0.25) is 4.79 Å². The van der Waals surface area contributed by atoms with E-state index in [-0.39, 0.29) is 5.78 Å². The second kappa shape index (κ2) is 6.69. The molecule has 0 amide bonds. The van der Waals surface area contributed by atoms with Crippen LogP contribution in [0.3, 0.4) is 0 Å². The first-order chi connectivity index (χ1) is 9.96. The molecule has 2 rings (SSSR count). The van der Waals surface area contributed by atoms with E-state index in [2.05, 4.69) is 15.9 Å². The summed E-state index contributed by atoms with van der Waals surface area (Å²) in [4.78, 5) is 12.6. The molecule has 6 heteroatoms. The van der Waals surface area contributed by atoms with Gasteiger partial charge in [-0.2, -0.15) is 0 Å². The predicted molar refractivity (Wildman–Crippen MR) is 87.1 cm³/mol. The maximum absolute atomic E-state index is 12.6. The average molecular weight is 390 g/mol. The lowest BCUT2D eigenvalue weighted by atomic mass is 10.0. The summed E-state index contributed by atoms with van der Waals surface area (Å²) in [5.41, 5.74) is 0.839. The Morgan fingerprint density at radius 2 is 1.48 bits per heavy atom. The quantitative estimate of drug-likeness (QED) is 0.690. The maximum Gasteiger partial charge on any atom is 0.194 e. The summed E-state index contributed by atoms with van der Waals surface area (Å²) in [5, 5.41) is 0.810. The molecule has 0 heterocycles. The number of ether oxygens (including phenoxy) is 2. The topological polar surface area (TPSA) is 35.5 Å². The summed E-state index contributed by atoms with van der Waals surface area (Å²) < 4.78 is 11.0. The summed E-state index contributed by atoms with van der Waals surface area (Å²) in [6.45, 7) is 0. The van der Waals surface area contributed by atoms with E-state index in [1.54, 1.807) is 30.3 Å². The molecule has 0 saturated carbocycles. The highest BCUT2D eigenvalue weighted by atomic mass is 79.9. The molecule has 21 heavy (non-hydrogen) atoms. The van der Waals surface area contributed by atoms with Gasteiger partial charge in [-0.15, -0.1) is 0 Å². The minimum absolute atomic E-state index is 0.216. The van der Waals surface area contributed by atoms with Crippen LogP contribution in [0, 0.1) is 0 Å². The monoisotopic (exact) mass is 388 g/mol. The Hall–Kier alpha value is -1.23. The van der Waals surface area contributed by atoms with Crippen LogP contribution in [0.1, 0.15) is 15.9 Å². The molecule has 2 aromatic rings. The molecule has 0 N–H and O–H groups in total. The van der Waals surface area contributed by atoms with Gasteiger partial charge in [0.2, 0.25) is 0 Å². The highest BCUT2D eigenvalue weighted by molar-refractivity contribution is 9.10. The zero-order chi connectivity index (χ0) is 15.6. The van der Waals surface area contributed by atoms with Gasteiger partial charge in [-0.25, -0.2) is 0 Å². The minimum Gasteiger partial charge on any atom is -0.493 e. The molecule has 3 nitrogen and oxygen atoms in total. The normalized spacial score (nSPS) is 10.3. The number of ketones is 1. The molecular formula is C15H11BrCl2O3. The number of halogens is 3.